The summed E-state index contributed by atoms with van der Waals surface area (Å²) in [7, 11) is -0.600. The van der Waals surface area contributed by atoms with Crippen molar-refractivity contribution in [1.29, 1.82) is 5.26 Å². The third-order valence-corrected chi connectivity index (χ3v) is 4.42. The van der Waals surface area contributed by atoms with E-state index in [-0.39, 0.29) is 0 Å². The first-order chi connectivity index (χ1) is 9.28. The van der Waals surface area contributed by atoms with Crippen LogP contribution in [0.25, 0.3) is 0 Å². The Kier molecular flexibility index (Phi) is 5.37. The summed E-state index contributed by atoms with van der Waals surface area (Å²) in [5.41, 5.74) is 0.647. The van der Waals surface area contributed by atoms with Crippen molar-refractivity contribution < 1.29 is 8.95 Å². The fraction of sp³-hybridized carbons (Fsp3) is 0.500. The van der Waals surface area contributed by atoms with Crippen molar-refractivity contribution >= 4 is 10.8 Å². The topological polar surface area (TPSA) is 53.3 Å². The van der Waals surface area contributed by atoms with Gasteiger partial charge in [0.05, 0.1) is 18.2 Å². The average molecular weight is 278 g/mol. The monoisotopic (exact) mass is 278 g/mol. The molecule has 0 spiro atoms. The van der Waals surface area contributed by atoms with Crippen LogP contribution in [-0.2, 0) is 10.8 Å². The van der Waals surface area contributed by atoms with Crippen molar-refractivity contribution in [2.24, 2.45) is 0 Å². The van der Waals surface area contributed by atoms with E-state index in [1.54, 1.807) is 12.1 Å². The number of ether oxygens (including phenoxy) is 1. The molecule has 0 radical (unpaired) electrons. The van der Waals surface area contributed by atoms with Crippen molar-refractivity contribution in [2.75, 3.05) is 37.7 Å². The van der Waals surface area contributed by atoms with Crippen LogP contribution < -0.4 is 4.74 Å². The van der Waals surface area contributed by atoms with Crippen molar-refractivity contribution in [3.05, 3.63) is 29.8 Å². The van der Waals surface area contributed by atoms with E-state index in [2.05, 4.69) is 11.0 Å². The van der Waals surface area contributed by atoms with Crippen LogP contribution in [0.4, 0.5) is 0 Å². The fourth-order valence-corrected chi connectivity index (χ4v) is 3.13. The minimum atomic E-state index is -0.600. The Balaban J connectivity index is 1.63. The van der Waals surface area contributed by atoms with Crippen molar-refractivity contribution in [3.8, 4) is 11.8 Å². The molecule has 0 aromatic heterocycles. The lowest BCUT2D eigenvalue weighted by Gasteiger charge is -2.25. The van der Waals surface area contributed by atoms with E-state index in [0.29, 0.717) is 12.2 Å². The van der Waals surface area contributed by atoms with Gasteiger partial charge in [0.1, 0.15) is 5.75 Å². The molecule has 1 aromatic carbocycles. The molecule has 0 amide bonds. The van der Waals surface area contributed by atoms with Gasteiger partial charge < -0.3 is 9.64 Å². The molecule has 0 bridgehead atoms. The van der Waals surface area contributed by atoms with Crippen LogP contribution in [-0.4, -0.2) is 46.9 Å². The summed E-state index contributed by atoms with van der Waals surface area (Å²) in [5.74, 6) is 2.41. The SMILES string of the molecule is N#Cc1ccc(OCCCN2CCS(=O)CC2)cc1. The first-order valence-electron chi connectivity index (χ1n) is 6.48. The van der Waals surface area contributed by atoms with Crippen molar-refractivity contribution in [2.45, 2.75) is 6.42 Å². The van der Waals surface area contributed by atoms with Crippen molar-refractivity contribution in [1.82, 2.24) is 4.90 Å². The number of nitrogens with zero attached hydrogens (tertiary/aromatic N) is 2. The van der Waals surface area contributed by atoms with Crippen LogP contribution in [0.15, 0.2) is 24.3 Å². The highest BCUT2D eigenvalue weighted by Gasteiger charge is 2.14. The van der Waals surface area contributed by atoms with E-state index in [9.17, 15) is 4.21 Å². The van der Waals surface area contributed by atoms with Gasteiger partial charge in [0, 0.05) is 41.9 Å². The lowest BCUT2D eigenvalue weighted by molar-refractivity contribution is 0.247. The van der Waals surface area contributed by atoms with Crippen LogP contribution in [0.1, 0.15) is 12.0 Å². The predicted octanol–water partition coefficient (Wildman–Crippen LogP) is 1.39. The molecule has 102 valence electrons. The Hall–Kier alpha value is -1.38. The normalized spacial score (nSPS) is 17.0. The summed E-state index contributed by atoms with van der Waals surface area (Å²) in [6.07, 6.45) is 0.965. The Labute approximate surface area is 116 Å². The summed E-state index contributed by atoms with van der Waals surface area (Å²) >= 11 is 0. The van der Waals surface area contributed by atoms with Gasteiger partial charge in [-0.3, -0.25) is 4.21 Å². The number of benzene rings is 1. The highest BCUT2D eigenvalue weighted by atomic mass is 32.2. The predicted molar refractivity (Wildman–Crippen MR) is 75.6 cm³/mol. The van der Waals surface area contributed by atoms with E-state index in [0.717, 1.165) is 43.3 Å². The minimum Gasteiger partial charge on any atom is -0.494 e. The second kappa shape index (κ2) is 7.27. The molecule has 2 rings (SSSR count). The molecule has 5 heteroatoms. The van der Waals surface area contributed by atoms with Crippen LogP contribution in [0, 0.1) is 11.3 Å². The second-order valence-corrected chi connectivity index (χ2v) is 6.22. The third-order valence-electron chi connectivity index (χ3n) is 3.14. The minimum absolute atomic E-state index is 0.600. The summed E-state index contributed by atoms with van der Waals surface area (Å²) < 4.78 is 16.8. The van der Waals surface area contributed by atoms with Crippen LogP contribution in [0.2, 0.25) is 0 Å². The maximum atomic E-state index is 11.2. The quantitative estimate of drug-likeness (QED) is 0.764. The summed E-state index contributed by atoms with van der Waals surface area (Å²) in [5, 5.41) is 8.69. The average Bonchev–Trinajstić information content (AvgIpc) is 2.46. The molecule has 1 saturated heterocycles. The summed E-state index contributed by atoms with van der Waals surface area (Å²) in [6.45, 7) is 3.53. The van der Waals surface area contributed by atoms with Gasteiger partial charge >= 0.3 is 0 Å². The molecule has 4 nitrogen and oxygen atoms in total. The molecular weight excluding hydrogens is 260 g/mol. The van der Waals surface area contributed by atoms with Gasteiger partial charge in [0.25, 0.3) is 0 Å². The lowest BCUT2D eigenvalue weighted by Crippen LogP contribution is -2.38. The molecule has 0 N–H and O–H groups in total. The molecule has 0 saturated carbocycles. The summed E-state index contributed by atoms with van der Waals surface area (Å²) in [4.78, 5) is 2.34. The molecule has 0 aliphatic carbocycles. The Morgan fingerprint density at radius 2 is 1.95 bits per heavy atom. The fourth-order valence-electron chi connectivity index (χ4n) is 2.00. The van der Waals surface area contributed by atoms with E-state index < -0.39 is 10.8 Å². The molecule has 1 aromatic rings. The van der Waals surface area contributed by atoms with Gasteiger partial charge in [-0.15, -0.1) is 0 Å². The highest BCUT2D eigenvalue weighted by molar-refractivity contribution is 7.85. The van der Waals surface area contributed by atoms with Gasteiger partial charge in [-0.05, 0) is 30.7 Å². The third kappa shape index (κ3) is 4.66. The smallest absolute Gasteiger partial charge is 0.119 e. The standard InChI is InChI=1S/C14H18N2O2S/c15-12-13-2-4-14(5-3-13)18-9-1-6-16-7-10-19(17)11-8-16/h2-5H,1,6-11H2. The van der Waals surface area contributed by atoms with Gasteiger partial charge in [0.15, 0.2) is 0 Å². The van der Waals surface area contributed by atoms with Gasteiger partial charge in [0.2, 0.25) is 0 Å². The van der Waals surface area contributed by atoms with Crippen LogP contribution >= 0.6 is 0 Å². The molecule has 1 aliphatic heterocycles. The molecular formula is C14H18N2O2S. The number of nitriles is 1. The zero-order valence-corrected chi connectivity index (χ0v) is 11.7. The van der Waals surface area contributed by atoms with Crippen LogP contribution in [0.5, 0.6) is 5.75 Å². The van der Waals surface area contributed by atoms with Crippen LogP contribution in [0.3, 0.4) is 0 Å². The molecule has 19 heavy (non-hydrogen) atoms. The number of hydrogen-bond acceptors (Lipinski definition) is 4. The number of rotatable bonds is 5. The van der Waals surface area contributed by atoms with Gasteiger partial charge in [-0.1, -0.05) is 0 Å². The molecule has 0 unspecified atom stereocenters. The second-order valence-electron chi connectivity index (χ2n) is 4.53. The van der Waals surface area contributed by atoms with E-state index in [4.69, 9.17) is 10.00 Å². The zero-order chi connectivity index (χ0) is 13.5. The maximum Gasteiger partial charge on any atom is 0.119 e. The van der Waals surface area contributed by atoms with E-state index in [1.807, 2.05) is 12.1 Å². The Bertz CT molecular complexity index is 457. The zero-order valence-electron chi connectivity index (χ0n) is 10.9. The molecule has 1 heterocycles. The Morgan fingerprint density at radius 1 is 1.26 bits per heavy atom. The summed E-state index contributed by atoms with van der Waals surface area (Å²) in [6, 6.07) is 9.24. The lowest BCUT2D eigenvalue weighted by atomic mass is 10.2. The number of hydrogen-bond donors (Lipinski definition) is 0. The Morgan fingerprint density at radius 3 is 2.58 bits per heavy atom. The molecule has 1 aliphatic rings. The molecule has 0 atom stereocenters. The highest BCUT2D eigenvalue weighted by Crippen LogP contribution is 2.11. The first kappa shape index (κ1) is 14.0. The maximum absolute atomic E-state index is 11.2. The van der Waals surface area contributed by atoms with Gasteiger partial charge in [-0.2, -0.15) is 5.26 Å². The van der Waals surface area contributed by atoms with Crippen molar-refractivity contribution in [3.63, 3.8) is 0 Å². The first-order valence-corrected chi connectivity index (χ1v) is 7.97. The van der Waals surface area contributed by atoms with Gasteiger partial charge in [-0.25, -0.2) is 0 Å². The van der Waals surface area contributed by atoms with E-state index >= 15 is 0 Å². The largest absolute Gasteiger partial charge is 0.494 e. The molecule has 1 fully saturated rings. The van der Waals surface area contributed by atoms with E-state index in [1.165, 1.54) is 0 Å².